The first-order valence-electron chi connectivity index (χ1n) is 5.44. The summed E-state index contributed by atoms with van der Waals surface area (Å²) < 4.78 is 24.4. The number of rotatable bonds is 3. The molecule has 0 atom stereocenters. The van der Waals surface area contributed by atoms with Gasteiger partial charge in [-0.15, -0.1) is 0 Å². The standard InChI is InChI=1S/C14H13O2S/c1-2-12-8-10-14(11-9-12)17(15,16)13-6-4-3-5-7-13/h4-11H,2H2,1H3. The van der Waals surface area contributed by atoms with Crippen molar-refractivity contribution in [2.75, 3.05) is 0 Å². The molecule has 0 heterocycles. The average molecular weight is 245 g/mol. The van der Waals surface area contributed by atoms with Crippen LogP contribution in [0.2, 0.25) is 0 Å². The zero-order valence-electron chi connectivity index (χ0n) is 9.55. The van der Waals surface area contributed by atoms with Gasteiger partial charge in [0.25, 0.3) is 0 Å². The highest BCUT2D eigenvalue weighted by atomic mass is 32.2. The van der Waals surface area contributed by atoms with Gasteiger partial charge >= 0.3 is 0 Å². The Hall–Kier alpha value is -1.61. The summed E-state index contributed by atoms with van der Waals surface area (Å²) in [5.41, 5.74) is 1.13. The fraction of sp³-hybridized carbons (Fsp3) is 0.143. The molecule has 2 aromatic rings. The molecule has 0 N–H and O–H groups in total. The summed E-state index contributed by atoms with van der Waals surface area (Å²) in [4.78, 5) is 0.640. The van der Waals surface area contributed by atoms with E-state index >= 15 is 0 Å². The van der Waals surface area contributed by atoms with Gasteiger partial charge in [0.15, 0.2) is 0 Å². The van der Waals surface area contributed by atoms with Crippen LogP contribution >= 0.6 is 0 Å². The molecule has 0 unspecified atom stereocenters. The average Bonchev–Trinajstić information content (AvgIpc) is 2.40. The molecule has 2 aromatic carbocycles. The third-order valence-corrected chi connectivity index (χ3v) is 4.43. The maximum absolute atomic E-state index is 12.2. The highest BCUT2D eigenvalue weighted by molar-refractivity contribution is 7.91. The van der Waals surface area contributed by atoms with Gasteiger partial charge in [-0.3, -0.25) is 0 Å². The van der Waals surface area contributed by atoms with E-state index in [4.69, 9.17) is 0 Å². The minimum atomic E-state index is -3.38. The van der Waals surface area contributed by atoms with Crippen LogP contribution in [0, 0.1) is 6.07 Å². The van der Waals surface area contributed by atoms with Gasteiger partial charge in [0.1, 0.15) is 0 Å². The molecule has 0 saturated carbocycles. The Labute approximate surface area is 102 Å². The van der Waals surface area contributed by atoms with Gasteiger partial charge in [-0.25, -0.2) is 8.42 Å². The van der Waals surface area contributed by atoms with Crippen LogP contribution in [0.25, 0.3) is 0 Å². The maximum Gasteiger partial charge on any atom is 0.206 e. The van der Waals surface area contributed by atoms with Crippen molar-refractivity contribution in [3.63, 3.8) is 0 Å². The monoisotopic (exact) mass is 245 g/mol. The third kappa shape index (κ3) is 2.39. The van der Waals surface area contributed by atoms with E-state index in [1.807, 2.05) is 19.1 Å². The van der Waals surface area contributed by atoms with Crippen LogP contribution in [0.1, 0.15) is 12.5 Å². The molecule has 0 aliphatic rings. The van der Waals surface area contributed by atoms with Gasteiger partial charge in [0.2, 0.25) is 9.84 Å². The molecule has 87 valence electrons. The fourth-order valence-corrected chi connectivity index (χ4v) is 2.85. The minimum absolute atomic E-state index is 0.306. The molecule has 0 aromatic heterocycles. The summed E-state index contributed by atoms with van der Waals surface area (Å²) in [6, 6.07) is 16.1. The molecule has 3 heteroatoms. The SMILES string of the molecule is CCc1ccc(S(=O)(=O)c2cc[c]cc2)cc1. The van der Waals surface area contributed by atoms with Crippen LogP contribution in [0.15, 0.2) is 58.3 Å². The first-order chi connectivity index (χ1) is 8.14. The molecule has 0 spiro atoms. The van der Waals surface area contributed by atoms with Crippen molar-refractivity contribution in [1.29, 1.82) is 0 Å². The second kappa shape index (κ2) is 4.72. The first-order valence-corrected chi connectivity index (χ1v) is 6.93. The molecule has 1 radical (unpaired) electrons. The van der Waals surface area contributed by atoms with E-state index in [1.54, 1.807) is 36.4 Å². The van der Waals surface area contributed by atoms with Crippen LogP contribution in [0.5, 0.6) is 0 Å². The Morgan fingerprint density at radius 3 is 2.00 bits per heavy atom. The summed E-state index contributed by atoms with van der Waals surface area (Å²) >= 11 is 0. The van der Waals surface area contributed by atoms with E-state index in [0.717, 1.165) is 12.0 Å². The quantitative estimate of drug-likeness (QED) is 0.833. The Morgan fingerprint density at radius 1 is 0.941 bits per heavy atom. The summed E-state index contributed by atoms with van der Waals surface area (Å²) in [5, 5.41) is 0. The van der Waals surface area contributed by atoms with Gasteiger partial charge in [-0.2, -0.15) is 0 Å². The van der Waals surface area contributed by atoms with Crippen molar-refractivity contribution in [2.24, 2.45) is 0 Å². The smallest absolute Gasteiger partial charge is 0.206 e. The highest BCUT2D eigenvalue weighted by Gasteiger charge is 2.16. The Balaban J connectivity index is 2.45. The van der Waals surface area contributed by atoms with Crippen LogP contribution in [0.3, 0.4) is 0 Å². The predicted molar refractivity (Wildman–Crippen MR) is 66.5 cm³/mol. The lowest BCUT2D eigenvalue weighted by molar-refractivity contribution is 0.596. The van der Waals surface area contributed by atoms with E-state index in [9.17, 15) is 8.42 Å². The summed E-state index contributed by atoms with van der Waals surface area (Å²) in [7, 11) is -3.38. The van der Waals surface area contributed by atoms with E-state index in [1.165, 1.54) is 0 Å². The molecule has 0 bridgehead atoms. The molecule has 0 fully saturated rings. The molecule has 0 saturated heterocycles. The maximum atomic E-state index is 12.2. The molecular weight excluding hydrogens is 232 g/mol. The van der Waals surface area contributed by atoms with Crippen molar-refractivity contribution >= 4 is 9.84 Å². The van der Waals surface area contributed by atoms with Crippen LogP contribution in [0.4, 0.5) is 0 Å². The topological polar surface area (TPSA) is 34.1 Å². The molecule has 0 aliphatic carbocycles. The van der Waals surface area contributed by atoms with Gasteiger partial charge in [-0.1, -0.05) is 31.2 Å². The van der Waals surface area contributed by atoms with Crippen molar-refractivity contribution < 1.29 is 8.42 Å². The first kappa shape index (κ1) is 11.9. The summed E-state index contributed by atoms with van der Waals surface area (Å²) in [6.07, 6.45) is 0.903. The summed E-state index contributed by atoms with van der Waals surface area (Å²) in [5.74, 6) is 0. The normalized spacial score (nSPS) is 11.4. The largest absolute Gasteiger partial charge is 0.219 e. The number of benzene rings is 2. The van der Waals surface area contributed by atoms with Crippen molar-refractivity contribution in [3.8, 4) is 0 Å². The van der Waals surface area contributed by atoms with E-state index in [2.05, 4.69) is 6.07 Å². The lowest BCUT2D eigenvalue weighted by Gasteiger charge is -2.05. The van der Waals surface area contributed by atoms with Crippen molar-refractivity contribution in [2.45, 2.75) is 23.1 Å². The highest BCUT2D eigenvalue weighted by Crippen LogP contribution is 2.20. The van der Waals surface area contributed by atoms with Crippen LogP contribution < -0.4 is 0 Å². The molecule has 17 heavy (non-hydrogen) atoms. The molecule has 0 amide bonds. The van der Waals surface area contributed by atoms with Gasteiger partial charge in [0, 0.05) is 0 Å². The third-order valence-electron chi connectivity index (χ3n) is 2.64. The predicted octanol–water partition coefficient (Wildman–Crippen LogP) is 2.88. The van der Waals surface area contributed by atoms with Crippen molar-refractivity contribution in [3.05, 3.63) is 60.2 Å². The van der Waals surface area contributed by atoms with Crippen LogP contribution in [-0.4, -0.2) is 8.42 Å². The zero-order chi connectivity index (χ0) is 12.3. The second-order valence-electron chi connectivity index (χ2n) is 3.74. The lowest BCUT2D eigenvalue weighted by Crippen LogP contribution is -2.01. The molecule has 2 nitrogen and oxygen atoms in total. The number of aryl methyl sites for hydroxylation is 1. The molecular formula is C14H13O2S. The second-order valence-corrected chi connectivity index (χ2v) is 5.69. The summed E-state index contributed by atoms with van der Waals surface area (Å²) in [6.45, 7) is 2.04. The zero-order valence-corrected chi connectivity index (χ0v) is 10.4. The lowest BCUT2D eigenvalue weighted by atomic mass is 10.2. The van der Waals surface area contributed by atoms with Gasteiger partial charge in [-0.05, 0) is 42.3 Å². The van der Waals surface area contributed by atoms with Gasteiger partial charge in [0.05, 0.1) is 9.79 Å². The minimum Gasteiger partial charge on any atom is -0.219 e. The van der Waals surface area contributed by atoms with Gasteiger partial charge < -0.3 is 0 Å². The Bertz CT molecular complexity index is 584. The van der Waals surface area contributed by atoms with Crippen LogP contribution in [-0.2, 0) is 16.3 Å². The molecule has 0 aliphatic heterocycles. The van der Waals surface area contributed by atoms with E-state index in [0.29, 0.717) is 9.79 Å². The Kier molecular flexibility index (Phi) is 3.29. The molecule has 2 rings (SSSR count). The van der Waals surface area contributed by atoms with E-state index < -0.39 is 9.84 Å². The number of sulfone groups is 1. The number of hydrogen-bond donors (Lipinski definition) is 0. The fourth-order valence-electron chi connectivity index (χ4n) is 1.59. The number of hydrogen-bond acceptors (Lipinski definition) is 2. The van der Waals surface area contributed by atoms with Crippen molar-refractivity contribution in [1.82, 2.24) is 0 Å². The van der Waals surface area contributed by atoms with E-state index in [-0.39, 0.29) is 0 Å². The Morgan fingerprint density at radius 2 is 1.47 bits per heavy atom.